The number of rotatable bonds is 11. The van der Waals surface area contributed by atoms with Crippen LogP contribution in [-0.4, -0.2) is 44.3 Å². The Morgan fingerprint density at radius 2 is 1.50 bits per heavy atom. The van der Waals surface area contributed by atoms with Crippen LogP contribution in [0.5, 0.6) is 0 Å². The number of sulfonamides is 1. The van der Waals surface area contributed by atoms with Gasteiger partial charge in [-0.05, 0) is 67.3 Å². The number of benzene rings is 3. The highest BCUT2D eigenvalue weighted by Gasteiger charge is 2.32. The number of hydrogen-bond acceptors (Lipinski definition) is 4. The minimum Gasteiger partial charge on any atom is -0.355 e. The Kier molecular flexibility index (Phi) is 9.94. The van der Waals surface area contributed by atoms with Crippen LogP contribution in [0.1, 0.15) is 44.7 Å². The summed E-state index contributed by atoms with van der Waals surface area (Å²) in [4.78, 5) is 28.0. The first kappa shape index (κ1) is 29.2. The SMILES string of the molecule is CCNC(=O)[C@@H](C)N(Cc1ccc(Cl)cc1)C(=O)CN(c1ccc(C(C)C)cc1)S(=O)(=O)c1ccccc1. The molecule has 0 aliphatic heterocycles. The fraction of sp³-hybridized carbons (Fsp3) is 0.310. The van der Waals surface area contributed by atoms with Crippen LogP contribution in [0.3, 0.4) is 0 Å². The van der Waals surface area contributed by atoms with Crippen LogP contribution in [0.4, 0.5) is 5.69 Å². The van der Waals surface area contributed by atoms with E-state index in [0.29, 0.717) is 17.3 Å². The number of carbonyl (C=O) groups excluding carboxylic acids is 2. The van der Waals surface area contributed by atoms with Crippen molar-refractivity contribution in [1.29, 1.82) is 0 Å². The molecule has 38 heavy (non-hydrogen) atoms. The molecule has 0 fully saturated rings. The van der Waals surface area contributed by atoms with Gasteiger partial charge in [0.25, 0.3) is 10.0 Å². The average Bonchev–Trinajstić information content (AvgIpc) is 2.91. The molecule has 1 N–H and O–H groups in total. The monoisotopic (exact) mass is 555 g/mol. The van der Waals surface area contributed by atoms with E-state index in [9.17, 15) is 18.0 Å². The summed E-state index contributed by atoms with van der Waals surface area (Å²) in [7, 11) is -4.08. The molecule has 0 aliphatic carbocycles. The van der Waals surface area contributed by atoms with Crippen LogP contribution in [0.15, 0.2) is 83.8 Å². The highest BCUT2D eigenvalue weighted by atomic mass is 35.5. The number of nitrogens with zero attached hydrogens (tertiary/aromatic N) is 2. The van der Waals surface area contributed by atoms with Crippen molar-refractivity contribution in [1.82, 2.24) is 10.2 Å². The molecule has 202 valence electrons. The van der Waals surface area contributed by atoms with Crippen molar-refractivity contribution >= 4 is 39.1 Å². The number of nitrogens with one attached hydrogen (secondary N) is 1. The third kappa shape index (κ3) is 7.14. The molecule has 7 nitrogen and oxygen atoms in total. The van der Waals surface area contributed by atoms with Crippen molar-refractivity contribution in [2.75, 3.05) is 17.4 Å². The van der Waals surface area contributed by atoms with Gasteiger partial charge in [-0.3, -0.25) is 13.9 Å². The zero-order chi connectivity index (χ0) is 27.9. The molecule has 0 unspecified atom stereocenters. The lowest BCUT2D eigenvalue weighted by Gasteiger charge is -2.32. The zero-order valence-electron chi connectivity index (χ0n) is 22.1. The molecule has 0 saturated carbocycles. The standard InChI is InChI=1S/C29H34ClN3O4S/c1-5-31-29(35)22(4)32(19-23-11-15-25(30)16-12-23)28(34)20-33(26-17-13-24(14-18-26)21(2)3)38(36,37)27-9-7-6-8-10-27/h6-18,21-22H,5,19-20H2,1-4H3,(H,31,35)/t22-/m1/s1. The van der Waals surface area contributed by atoms with Gasteiger partial charge >= 0.3 is 0 Å². The Bertz CT molecular complexity index is 1330. The van der Waals surface area contributed by atoms with Gasteiger partial charge in [-0.25, -0.2) is 8.42 Å². The number of amides is 2. The van der Waals surface area contributed by atoms with E-state index in [1.54, 1.807) is 68.4 Å². The molecule has 0 aliphatic rings. The van der Waals surface area contributed by atoms with Gasteiger partial charge in [0, 0.05) is 18.1 Å². The van der Waals surface area contributed by atoms with Crippen molar-refractivity contribution in [3.05, 3.63) is 95.0 Å². The molecular formula is C29H34ClN3O4S. The van der Waals surface area contributed by atoms with E-state index >= 15 is 0 Å². The summed E-state index contributed by atoms with van der Waals surface area (Å²) in [6, 6.07) is 21.3. The van der Waals surface area contributed by atoms with Gasteiger partial charge < -0.3 is 10.2 Å². The van der Waals surface area contributed by atoms with Crippen molar-refractivity contribution in [2.45, 2.75) is 51.1 Å². The van der Waals surface area contributed by atoms with Crippen LogP contribution in [0, 0.1) is 0 Å². The molecule has 0 radical (unpaired) electrons. The maximum Gasteiger partial charge on any atom is 0.264 e. The molecule has 0 spiro atoms. The second-order valence-corrected chi connectivity index (χ2v) is 11.6. The zero-order valence-corrected chi connectivity index (χ0v) is 23.7. The average molecular weight is 556 g/mol. The minimum absolute atomic E-state index is 0.0711. The van der Waals surface area contributed by atoms with Crippen LogP contribution in [0.2, 0.25) is 5.02 Å². The first-order valence-corrected chi connectivity index (χ1v) is 14.4. The smallest absolute Gasteiger partial charge is 0.264 e. The molecule has 0 saturated heterocycles. The quantitative estimate of drug-likeness (QED) is 0.352. The number of halogens is 1. The maximum atomic E-state index is 13.8. The second kappa shape index (κ2) is 12.9. The molecule has 0 heterocycles. The molecule has 3 aromatic carbocycles. The number of anilines is 1. The molecule has 0 bridgehead atoms. The highest BCUT2D eigenvalue weighted by Crippen LogP contribution is 2.26. The molecule has 3 rings (SSSR count). The van der Waals surface area contributed by atoms with Gasteiger partial charge in [-0.15, -0.1) is 0 Å². The second-order valence-electron chi connectivity index (χ2n) is 9.29. The minimum atomic E-state index is -4.08. The molecular weight excluding hydrogens is 522 g/mol. The predicted molar refractivity (Wildman–Crippen MR) is 152 cm³/mol. The number of hydrogen-bond donors (Lipinski definition) is 1. The first-order valence-electron chi connectivity index (χ1n) is 12.5. The summed E-state index contributed by atoms with van der Waals surface area (Å²) in [5.74, 6) is -0.572. The largest absolute Gasteiger partial charge is 0.355 e. The summed E-state index contributed by atoms with van der Waals surface area (Å²) in [6.45, 7) is 7.57. The third-order valence-corrected chi connectivity index (χ3v) is 8.28. The third-order valence-electron chi connectivity index (χ3n) is 6.24. The Balaban J connectivity index is 2.02. The van der Waals surface area contributed by atoms with E-state index in [-0.39, 0.29) is 23.3 Å². The van der Waals surface area contributed by atoms with E-state index in [4.69, 9.17) is 11.6 Å². The van der Waals surface area contributed by atoms with E-state index in [1.165, 1.54) is 17.0 Å². The van der Waals surface area contributed by atoms with Crippen molar-refractivity contribution in [3.63, 3.8) is 0 Å². The van der Waals surface area contributed by atoms with Crippen molar-refractivity contribution in [3.8, 4) is 0 Å². The summed E-state index contributed by atoms with van der Waals surface area (Å²) >= 11 is 6.02. The maximum absolute atomic E-state index is 13.8. The van der Waals surface area contributed by atoms with Gasteiger partial charge in [0.05, 0.1) is 10.6 Å². The summed E-state index contributed by atoms with van der Waals surface area (Å²) in [5.41, 5.74) is 2.17. The lowest BCUT2D eigenvalue weighted by molar-refractivity contribution is -0.139. The Morgan fingerprint density at radius 3 is 2.05 bits per heavy atom. The molecule has 2 amide bonds. The highest BCUT2D eigenvalue weighted by molar-refractivity contribution is 7.92. The normalized spacial score (nSPS) is 12.2. The van der Waals surface area contributed by atoms with Crippen molar-refractivity contribution < 1.29 is 18.0 Å². The summed E-state index contributed by atoms with van der Waals surface area (Å²) < 4.78 is 28.7. The van der Waals surface area contributed by atoms with Crippen molar-refractivity contribution in [2.24, 2.45) is 0 Å². The Morgan fingerprint density at radius 1 is 0.895 bits per heavy atom. The van der Waals surface area contributed by atoms with Gasteiger partial charge in [0.15, 0.2) is 0 Å². The van der Waals surface area contributed by atoms with Crippen LogP contribution in [0.25, 0.3) is 0 Å². The molecule has 1 atom stereocenters. The fourth-order valence-electron chi connectivity index (χ4n) is 3.96. The van der Waals surface area contributed by atoms with Crippen LogP contribution in [-0.2, 0) is 26.2 Å². The van der Waals surface area contributed by atoms with E-state index in [0.717, 1.165) is 15.4 Å². The summed E-state index contributed by atoms with van der Waals surface area (Å²) in [6.07, 6.45) is 0. The number of carbonyl (C=O) groups is 2. The topological polar surface area (TPSA) is 86.8 Å². The van der Waals surface area contributed by atoms with Crippen LogP contribution >= 0.6 is 11.6 Å². The summed E-state index contributed by atoms with van der Waals surface area (Å²) in [5, 5.41) is 3.30. The van der Waals surface area contributed by atoms with Gasteiger partial charge in [-0.2, -0.15) is 0 Å². The fourth-order valence-corrected chi connectivity index (χ4v) is 5.53. The predicted octanol–water partition coefficient (Wildman–Crippen LogP) is 5.21. The van der Waals surface area contributed by atoms with Gasteiger partial charge in [-0.1, -0.05) is 67.9 Å². The van der Waals surface area contributed by atoms with Crippen LogP contribution < -0.4 is 9.62 Å². The number of likely N-dealkylation sites (N-methyl/N-ethyl adjacent to an activating group) is 1. The van der Waals surface area contributed by atoms with Gasteiger partial charge in [0.2, 0.25) is 11.8 Å². The lowest BCUT2D eigenvalue weighted by atomic mass is 10.0. The lowest BCUT2D eigenvalue weighted by Crippen LogP contribution is -2.51. The van der Waals surface area contributed by atoms with E-state index < -0.39 is 28.5 Å². The Hall–Kier alpha value is -3.36. The molecule has 9 heteroatoms. The molecule has 3 aromatic rings. The Labute approximate surface area is 230 Å². The van der Waals surface area contributed by atoms with Gasteiger partial charge in [0.1, 0.15) is 12.6 Å². The van der Waals surface area contributed by atoms with E-state index in [1.807, 2.05) is 26.0 Å². The molecule has 0 aromatic heterocycles. The first-order chi connectivity index (χ1) is 18.0. The van der Waals surface area contributed by atoms with E-state index in [2.05, 4.69) is 5.32 Å².